The van der Waals surface area contributed by atoms with E-state index in [1.54, 1.807) is 18.2 Å². The maximum atomic E-state index is 12.7. The van der Waals surface area contributed by atoms with Crippen LogP contribution in [-0.4, -0.2) is 38.5 Å². The maximum absolute atomic E-state index is 12.7. The lowest BCUT2D eigenvalue weighted by atomic mass is 10.2. The molecular formula is C14H17ClN2O3S. The molecular weight excluding hydrogens is 312 g/mol. The molecule has 1 aliphatic rings. The van der Waals surface area contributed by atoms with Gasteiger partial charge in [0.25, 0.3) is 0 Å². The lowest BCUT2D eigenvalue weighted by Crippen LogP contribution is -2.38. The third kappa shape index (κ3) is 3.95. The number of halogens is 1. The first-order valence-corrected chi connectivity index (χ1v) is 8.60. The highest BCUT2D eigenvalue weighted by atomic mass is 35.5. The Labute approximate surface area is 130 Å². The molecule has 114 valence electrons. The largest absolute Gasteiger partial charge is 0.377 e. The summed E-state index contributed by atoms with van der Waals surface area (Å²) in [6.45, 7) is 1.06. The van der Waals surface area contributed by atoms with Crippen molar-refractivity contribution in [3.05, 3.63) is 29.3 Å². The van der Waals surface area contributed by atoms with Crippen LogP contribution in [0.5, 0.6) is 0 Å². The van der Waals surface area contributed by atoms with Crippen LogP contribution in [0.4, 0.5) is 0 Å². The molecule has 0 N–H and O–H groups in total. The summed E-state index contributed by atoms with van der Waals surface area (Å²) in [6.07, 6.45) is 1.79. The predicted molar refractivity (Wildman–Crippen MR) is 79.4 cm³/mol. The van der Waals surface area contributed by atoms with Gasteiger partial charge in [0.2, 0.25) is 10.0 Å². The van der Waals surface area contributed by atoms with Gasteiger partial charge in [0.05, 0.1) is 17.2 Å². The van der Waals surface area contributed by atoms with Crippen LogP contribution in [0.25, 0.3) is 0 Å². The van der Waals surface area contributed by atoms with Crippen molar-refractivity contribution in [2.75, 3.05) is 19.7 Å². The Morgan fingerprint density at radius 3 is 2.81 bits per heavy atom. The summed E-state index contributed by atoms with van der Waals surface area (Å²) in [4.78, 5) is 0.0719. The third-order valence-electron chi connectivity index (χ3n) is 3.36. The van der Waals surface area contributed by atoms with E-state index in [0.717, 1.165) is 12.8 Å². The van der Waals surface area contributed by atoms with Gasteiger partial charge in [-0.1, -0.05) is 23.7 Å². The van der Waals surface area contributed by atoms with Crippen LogP contribution >= 0.6 is 11.6 Å². The third-order valence-corrected chi connectivity index (χ3v) is 5.72. The van der Waals surface area contributed by atoms with Gasteiger partial charge < -0.3 is 4.74 Å². The zero-order valence-corrected chi connectivity index (χ0v) is 13.1. The van der Waals surface area contributed by atoms with Crippen LogP contribution in [0.15, 0.2) is 29.2 Å². The minimum atomic E-state index is -3.72. The van der Waals surface area contributed by atoms with E-state index in [4.69, 9.17) is 21.6 Å². The van der Waals surface area contributed by atoms with Crippen molar-refractivity contribution in [3.63, 3.8) is 0 Å². The van der Waals surface area contributed by atoms with Crippen LogP contribution in [0.1, 0.15) is 19.3 Å². The number of hydrogen-bond donors (Lipinski definition) is 0. The van der Waals surface area contributed by atoms with Crippen molar-refractivity contribution in [2.24, 2.45) is 0 Å². The number of rotatable bonds is 6. The maximum Gasteiger partial charge on any atom is 0.244 e. The second-order valence-electron chi connectivity index (χ2n) is 4.84. The molecule has 0 spiro atoms. The number of nitriles is 1. The first kappa shape index (κ1) is 16.2. The molecule has 0 saturated carbocycles. The van der Waals surface area contributed by atoms with Crippen molar-refractivity contribution in [3.8, 4) is 6.07 Å². The first-order chi connectivity index (χ1) is 10.1. The van der Waals surface area contributed by atoms with E-state index in [-0.39, 0.29) is 35.5 Å². The highest BCUT2D eigenvalue weighted by molar-refractivity contribution is 7.89. The molecule has 1 aromatic carbocycles. The van der Waals surface area contributed by atoms with Crippen molar-refractivity contribution in [2.45, 2.75) is 30.3 Å². The molecule has 1 heterocycles. The normalized spacial score (nSPS) is 18.8. The van der Waals surface area contributed by atoms with Gasteiger partial charge in [0, 0.05) is 26.1 Å². The Balaban J connectivity index is 2.25. The Kier molecular flexibility index (Phi) is 5.59. The predicted octanol–water partition coefficient (Wildman–Crippen LogP) is 2.42. The molecule has 1 unspecified atom stereocenters. The van der Waals surface area contributed by atoms with E-state index in [2.05, 4.69) is 0 Å². The second kappa shape index (κ2) is 7.23. The van der Waals surface area contributed by atoms with Crippen LogP contribution in [0.3, 0.4) is 0 Å². The average molecular weight is 329 g/mol. The van der Waals surface area contributed by atoms with Gasteiger partial charge in [0.1, 0.15) is 4.90 Å². The minimum Gasteiger partial charge on any atom is -0.377 e. The molecule has 0 aliphatic carbocycles. The fourth-order valence-electron chi connectivity index (χ4n) is 2.29. The van der Waals surface area contributed by atoms with Crippen LogP contribution < -0.4 is 0 Å². The van der Waals surface area contributed by atoms with E-state index in [1.807, 2.05) is 6.07 Å². The van der Waals surface area contributed by atoms with Crippen LogP contribution in [0, 0.1) is 11.3 Å². The Morgan fingerprint density at radius 1 is 1.43 bits per heavy atom. The molecule has 7 heteroatoms. The standard InChI is InChI=1S/C14H17ClN2O3S/c15-13-6-1-2-7-14(13)21(18,19)17(9-4-8-16)11-12-5-3-10-20-12/h1-2,6-7,12H,3-5,9-11H2. The fraction of sp³-hybridized carbons (Fsp3) is 0.500. The van der Waals surface area contributed by atoms with Gasteiger partial charge in [-0.25, -0.2) is 8.42 Å². The first-order valence-electron chi connectivity index (χ1n) is 6.79. The molecule has 0 bridgehead atoms. The topological polar surface area (TPSA) is 70.4 Å². The lowest BCUT2D eigenvalue weighted by molar-refractivity contribution is 0.0941. The number of hydrogen-bond acceptors (Lipinski definition) is 4. The van der Waals surface area contributed by atoms with E-state index < -0.39 is 10.0 Å². The van der Waals surface area contributed by atoms with Crippen molar-refractivity contribution in [1.82, 2.24) is 4.31 Å². The summed E-state index contributed by atoms with van der Waals surface area (Å²) < 4.78 is 32.2. The Hall–Kier alpha value is -1.13. The fourth-order valence-corrected chi connectivity index (χ4v) is 4.26. The molecule has 0 radical (unpaired) electrons. The van der Waals surface area contributed by atoms with Gasteiger partial charge in [-0.05, 0) is 25.0 Å². The summed E-state index contributed by atoms with van der Waals surface area (Å²) in [5, 5.41) is 8.92. The molecule has 5 nitrogen and oxygen atoms in total. The quantitative estimate of drug-likeness (QED) is 0.804. The molecule has 1 atom stereocenters. The monoisotopic (exact) mass is 328 g/mol. The highest BCUT2D eigenvalue weighted by Gasteiger charge is 2.30. The summed E-state index contributed by atoms with van der Waals surface area (Å²) >= 11 is 6.00. The summed E-state index contributed by atoms with van der Waals surface area (Å²) in [5.74, 6) is 0. The van der Waals surface area contributed by atoms with E-state index in [9.17, 15) is 8.42 Å². The zero-order valence-electron chi connectivity index (χ0n) is 11.5. The summed E-state index contributed by atoms with van der Waals surface area (Å²) in [6, 6.07) is 8.32. The van der Waals surface area contributed by atoms with Gasteiger partial charge >= 0.3 is 0 Å². The van der Waals surface area contributed by atoms with Gasteiger partial charge in [-0.3, -0.25) is 0 Å². The molecule has 1 aliphatic heterocycles. The number of sulfonamides is 1. The van der Waals surface area contributed by atoms with Crippen molar-refractivity contribution < 1.29 is 13.2 Å². The van der Waals surface area contributed by atoms with Gasteiger partial charge in [-0.15, -0.1) is 0 Å². The second-order valence-corrected chi connectivity index (χ2v) is 7.15. The van der Waals surface area contributed by atoms with Crippen molar-refractivity contribution in [1.29, 1.82) is 5.26 Å². The Bertz CT molecular complexity index is 621. The molecule has 1 fully saturated rings. The van der Waals surface area contributed by atoms with E-state index in [1.165, 1.54) is 10.4 Å². The molecule has 1 saturated heterocycles. The summed E-state index contributed by atoms with van der Waals surface area (Å²) in [7, 11) is -3.72. The highest BCUT2D eigenvalue weighted by Crippen LogP contribution is 2.25. The smallest absolute Gasteiger partial charge is 0.244 e. The summed E-state index contributed by atoms with van der Waals surface area (Å²) in [5.41, 5.74) is 0. The number of nitrogens with zero attached hydrogens (tertiary/aromatic N) is 2. The molecule has 2 rings (SSSR count). The lowest BCUT2D eigenvalue weighted by Gasteiger charge is -2.24. The number of benzene rings is 1. The van der Waals surface area contributed by atoms with E-state index in [0.29, 0.717) is 6.61 Å². The van der Waals surface area contributed by atoms with Gasteiger partial charge in [0.15, 0.2) is 0 Å². The molecule has 0 amide bonds. The SMILES string of the molecule is N#CCCN(CC1CCCO1)S(=O)(=O)c1ccccc1Cl. The minimum absolute atomic E-state index is 0.0719. The van der Waals surface area contributed by atoms with Crippen LogP contribution in [0.2, 0.25) is 5.02 Å². The average Bonchev–Trinajstić information content (AvgIpc) is 2.96. The molecule has 0 aromatic heterocycles. The Morgan fingerprint density at radius 2 is 2.19 bits per heavy atom. The van der Waals surface area contributed by atoms with E-state index >= 15 is 0 Å². The molecule has 1 aromatic rings. The molecule has 21 heavy (non-hydrogen) atoms. The van der Waals surface area contributed by atoms with Gasteiger partial charge in [-0.2, -0.15) is 9.57 Å². The van der Waals surface area contributed by atoms with Crippen molar-refractivity contribution >= 4 is 21.6 Å². The number of ether oxygens (including phenoxy) is 1. The zero-order chi connectivity index (χ0) is 15.3. The van der Waals surface area contributed by atoms with Crippen LogP contribution in [-0.2, 0) is 14.8 Å².